The Balaban J connectivity index is 2.20. The summed E-state index contributed by atoms with van der Waals surface area (Å²) in [6.45, 7) is 7.08. The predicted octanol–water partition coefficient (Wildman–Crippen LogP) is 2.32. The summed E-state index contributed by atoms with van der Waals surface area (Å²) in [5, 5.41) is 3.82. The number of hydrogen-bond donors (Lipinski definition) is 1. The first-order chi connectivity index (χ1) is 5.06. The van der Waals surface area contributed by atoms with Crippen molar-refractivity contribution in [1.29, 1.82) is 0 Å². The molecule has 2 heterocycles. The van der Waals surface area contributed by atoms with Crippen molar-refractivity contribution in [1.82, 2.24) is 5.32 Å². The highest BCUT2D eigenvalue weighted by Crippen LogP contribution is 2.47. The van der Waals surface area contributed by atoms with E-state index in [1.54, 1.807) is 0 Å². The second-order valence-electron chi connectivity index (χ2n) is 5.00. The van der Waals surface area contributed by atoms with Crippen LogP contribution in [0.3, 0.4) is 0 Å². The second kappa shape index (κ2) is 2.01. The molecule has 2 aliphatic rings. The number of hydrogen-bond acceptors (Lipinski definition) is 1. The highest BCUT2D eigenvalue weighted by molar-refractivity contribution is 5.12. The van der Waals surface area contributed by atoms with Crippen molar-refractivity contribution in [2.24, 2.45) is 5.92 Å². The van der Waals surface area contributed by atoms with Gasteiger partial charge >= 0.3 is 0 Å². The lowest BCUT2D eigenvalue weighted by Crippen LogP contribution is -2.44. The van der Waals surface area contributed by atoms with Gasteiger partial charge in [0.05, 0.1) is 0 Å². The van der Waals surface area contributed by atoms with E-state index in [-0.39, 0.29) is 0 Å². The van der Waals surface area contributed by atoms with E-state index in [9.17, 15) is 0 Å². The molecule has 2 saturated heterocycles. The maximum atomic E-state index is 3.82. The maximum absolute atomic E-state index is 3.82. The Morgan fingerprint density at radius 1 is 1.09 bits per heavy atom. The van der Waals surface area contributed by atoms with E-state index in [0.717, 1.165) is 5.92 Å². The van der Waals surface area contributed by atoms with Crippen molar-refractivity contribution in [2.45, 2.75) is 57.5 Å². The number of rotatable bonds is 1. The minimum atomic E-state index is 0.504. The third-order valence-corrected chi connectivity index (χ3v) is 3.90. The Morgan fingerprint density at radius 3 is 1.82 bits per heavy atom. The molecular formula is C10H19N. The van der Waals surface area contributed by atoms with E-state index in [4.69, 9.17) is 0 Å². The summed E-state index contributed by atoms with van der Waals surface area (Å²) in [5.41, 5.74) is 1.03. The second-order valence-corrected chi connectivity index (χ2v) is 5.00. The van der Waals surface area contributed by atoms with Gasteiger partial charge in [-0.15, -0.1) is 0 Å². The average molecular weight is 153 g/mol. The molecule has 0 unspecified atom stereocenters. The Labute approximate surface area is 69.6 Å². The smallest absolute Gasteiger partial charge is 0.0210 e. The van der Waals surface area contributed by atoms with Gasteiger partial charge in [-0.25, -0.2) is 0 Å². The summed E-state index contributed by atoms with van der Waals surface area (Å²) in [6.07, 6.45) is 5.60. The Kier molecular flexibility index (Phi) is 1.39. The summed E-state index contributed by atoms with van der Waals surface area (Å²) in [7, 11) is 0. The molecule has 2 fully saturated rings. The molecule has 0 spiro atoms. The Hall–Kier alpha value is -0.0400. The summed E-state index contributed by atoms with van der Waals surface area (Å²) in [4.78, 5) is 0. The lowest BCUT2D eigenvalue weighted by Gasteiger charge is -2.30. The molecule has 0 amide bonds. The lowest BCUT2D eigenvalue weighted by atomic mass is 9.77. The van der Waals surface area contributed by atoms with E-state index < -0.39 is 0 Å². The third-order valence-electron chi connectivity index (χ3n) is 3.90. The molecule has 2 rings (SSSR count). The zero-order valence-electron chi connectivity index (χ0n) is 7.91. The molecule has 1 heteroatoms. The molecule has 0 aromatic heterocycles. The maximum Gasteiger partial charge on any atom is 0.0210 e. The van der Waals surface area contributed by atoms with Crippen molar-refractivity contribution < 1.29 is 0 Å². The minimum Gasteiger partial charge on any atom is -0.306 e. The van der Waals surface area contributed by atoms with Crippen molar-refractivity contribution in [3.05, 3.63) is 0 Å². The van der Waals surface area contributed by atoms with Gasteiger partial charge in [0, 0.05) is 11.1 Å². The largest absolute Gasteiger partial charge is 0.306 e. The van der Waals surface area contributed by atoms with Crippen LogP contribution < -0.4 is 5.32 Å². The quantitative estimate of drug-likeness (QED) is 0.609. The monoisotopic (exact) mass is 153 g/mol. The third kappa shape index (κ3) is 0.936. The number of fused-ring (bicyclic) bond motifs is 2. The van der Waals surface area contributed by atoms with Gasteiger partial charge in [-0.2, -0.15) is 0 Å². The van der Waals surface area contributed by atoms with Crippen LogP contribution in [0.5, 0.6) is 0 Å². The molecule has 0 aliphatic carbocycles. The molecule has 0 aromatic rings. The van der Waals surface area contributed by atoms with Crippen LogP contribution in [0.1, 0.15) is 46.5 Å². The molecule has 64 valence electrons. The minimum absolute atomic E-state index is 0.504. The molecule has 0 aromatic carbocycles. The molecule has 11 heavy (non-hydrogen) atoms. The zero-order valence-corrected chi connectivity index (χ0v) is 7.91. The summed E-state index contributed by atoms with van der Waals surface area (Å²) < 4.78 is 0. The van der Waals surface area contributed by atoms with E-state index in [0.29, 0.717) is 11.1 Å². The fourth-order valence-corrected chi connectivity index (χ4v) is 2.82. The average Bonchev–Trinajstić information content (AvgIpc) is 2.42. The molecule has 1 nitrogen and oxygen atoms in total. The van der Waals surface area contributed by atoms with Gasteiger partial charge in [0.15, 0.2) is 0 Å². The van der Waals surface area contributed by atoms with Crippen LogP contribution in [0.15, 0.2) is 0 Å². The highest BCUT2D eigenvalue weighted by Gasteiger charge is 2.52. The van der Waals surface area contributed by atoms with Gasteiger partial charge in [-0.3, -0.25) is 0 Å². The van der Waals surface area contributed by atoms with E-state index in [2.05, 4.69) is 26.1 Å². The number of nitrogens with one attached hydrogen (secondary N) is 1. The lowest BCUT2D eigenvalue weighted by molar-refractivity contribution is 0.280. The summed E-state index contributed by atoms with van der Waals surface area (Å²) in [6, 6.07) is 0. The topological polar surface area (TPSA) is 12.0 Å². The van der Waals surface area contributed by atoms with Crippen molar-refractivity contribution in [3.8, 4) is 0 Å². The van der Waals surface area contributed by atoms with Crippen LogP contribution in [-0.2, 0) is 0 Å². The van der Waals surface area contributed by atoms with Gasteiger partial charge in [-0.1, -0.05) is 13.8 Å². The normalized spacial score (nSPS) is 49.1. The molecule has 2 bridgehead atoms. The molecule has 0 saturated carbocycles. The standard InChI is InChI=1S/C10H19N/c1-8(2)10-6-4-9(3,11-10)5-7-10/h8,11H,4-7H2,1-3H3. The molecule has 0 radical (unpaired) electrons. The van der Waals surface area contributed by atoms with Gasteiger partial charge in [0.2, 0.25) is 0 Å². The zero-order chi connectivity index (χ0) is 8.11. The first kappa shape index (κ1) is 7.60. The van der Waals surface area contributed by atoms with Gasteiger partial charge < -0.3 is 5.32 Å². The summed E-state index contributed by atoms with van der Waals surface area (Å²) in [5.74, 6) is 0.812. The van der Waals surface area contributed by atoms with E-state index in [1.807, 2.05) is 0 Å². The van der Waals surface area contributed by atoms with Crippen molar-refractivity contribution in [3.63, 3.8) is 0 Å². The first-order valence-corrected chi connectivity index (χ1v) is 4.86. The molecule has 1 N–H and O–H groups in total. The van der Waals surface area contributed by atoms with Crippen LogP contribution in [0.4, 0.5) is 0 Å². The van der Waals surface area contributed by atoms with Crippen LogP contribution in [0.25, 0.3) is 0 Å². The van der Waals surface area contributed by atoms with Gasteiger partial charge in [-0.05, 0) is 38.5 Å². The molecular weight excluding hydrogens is 134 g/mol. The van der Waals surface area contributed by atoms with Crippen LogP contribution >= 0.6 is 0 Å². The molecule has 2 aliphatic heterocycles. The van der Waals surface area contributed by atoms with Gasteiger partial charge in [0.25, 0.3) is 0 Å². The van der Waals surface area contributed by atoms with Crippen molar-refractivity contribution >= 4 is 0 Å². The van der Waals surface area contributed by atoms with E-state index >= 15 is 0 Å². The SMILES string of the molecule is CC(C)C12CCC(C)(CC1)N2. The fourth-order valence-electron chi connectivity index (χ4n) is 2.82. The predicted molar refractivity (Wildman–Crippen MR) is 47.6 cm³/mol. The van der Waals surface area contributed by atoms with Gasteiger partial charge in [0.1, 0.15) is 0 Å². The first-order valence-electron chi connectivity index (χ1n) is 4.86. The summed E-state index contributed by atoms with van der Waals surface area (Å²) >= 11 is 0. The molecule has 0 atom stereocenters. The van der Waals surface area contributed by atoms with Crippen molar-refractivity contribution in [2.75, 3.05) is 0 Å². The highest BCUT2D eigenvalue weighted by atomic mass is 15.1. The van der Waals surface area contributed by atoms with E-state index in [1.165, 1.54) is 25.7 Å². The van der Waals surface area contributed by atoms with Crippen LogP contribution in [-0.4, -0.2) is 11.1 Å². The van der Waals surface area contributed by atoms with Crippen LogP contribution in [0.2, 0.25) is 0 Å². The van der Waals surface area contributed by atoms with Crippen LogP contribution in [0, 0.1) is 5.92 Å². The Bertz CT molecular complexity index is 164. The Morgan fingerprint density at radius 2 is 1.64 bits per heavy atom. The fraction of sp³-hybridized carbons (Fsp3) is 1.00.